The molecule has 2 aliphatic rings. The van der Waals surface area contributed by atoms with Crippen LogP contribution in [-0.4, -0.2) is 17.4 Å². The van der Waals surface area contributed by atoms with Crippen LogP contribution in [0.2, 0.25) is 0 Å². The Morgan fingerprint density at radius 3 is 2.50 bits per heavy atom. The van der Waals surface area contributed by atoms with Crippen LogP contribution < -0.4 is 0 Å². The third-order valence-corrected chi connectivity index (χ3v) is 3.50. The van der Waals surface area contributed by atoms with Crippen LogP contribution in [0.3, 0.4) is 0 Å². The number of nitrogens with zero attached hydrogens (tertiary/aromatic N) is 1. The first-order chi connectivity index (χ1) is 6.79. The van der Waals surface area contributed by atoms with Crippen molar-refractivity contribution in [1.82, 2.24) is 4.90 Å². The number of carbonyl (C=O) groups excluding carboxylic acids is 1. The minimum atomic E-state index is 0.292. The summed E-state index contributed by atoms with van der Waals surface area (Å²) in [4.78, 5) is 13.5. The molecule has 0 N–H and O–H groups in total. The van der Waals surface area contributed by atoms with Crippen molar-refractivity contribution in [1.29, 1.82) is 0 Å². The molecule has 2 nitrogen and oxygen atoms in total. The van der Waals surface area contributed by atoms with Crippen molar-refractivity contribution < 1.29 is 4.79 Å². The number of hydrogen-bond acceptors (Lipinski definition) is 1. The van der Waals surface area contributed by atoms with Gasteiger partial charge in [0.2, 0.25) is 5.91 Å². The van der Waals surface area contributed by atoms with Crippen LogP contribution in [0, 0.1) is 5.92 Å². The second kappa shape index (κ2) is 4.16. The van der Waals surface area contributed by atoms with Crippen LogP contribution in [-0.2, 0) is 4.79 Å². The van der Waals surface area contributed by atoms with E-state index in [9.17, 15) is 4.79 Å². The van der Waals surface area contributed by atoms with Gasteiger partial charge in [0.15, 0.2) is 0 Å². The lowest BCUT2D eigenvalue weighted by atomic mass is 9.87. The van der Waals surface area contributed by atoms with E-state index in [4.69, 9.17) is 0 Å². The second-order valence-electron chi connectivity index (χ2n) is 4.48. The summed E-state index contributed by atoms with van der Waals surface area (Å²) in [6.45, 7) is 5.03. The lowest BCUT2D eigenvalue weighted by Gasteiger charge is -2.29. The van der Waals surface area contributed by atoms with Gasteiger partial charge in [0, 0.05) is 18.7 Å². The summed E-state index contributed by atoms with van der Waals surface area (Å²) in [5, 5.41) is 0. The fourth-order valence-electron chi connectivity index (χ4n) is 2.61. The Kier molecular flexibility index (Phi) is 2.90. The average Bonchev–Trinajstić information content (AvgIpc) is 2.65. The average molecular weight is 193 g/mol. The highest BCUT2D eigenvalue weighted by Gasteiger charge is 2.27. The third-order valence-electron chi connectivity index (χ3n) is 3.50. The van der Waals surface area contributed by atoms with E-state index in [0.717, 1.165) is 25.1 Å². The van der Waals surface area contributed by atoms with Crippen molar-refractivity contribution in [2.24, 2.45) is 5.92 Å². The molecule has 1 aliphatic carbocycles. The predicted molar refractivity (Wildman–Crippen MR) is 56.7 cm³/mol. The van der Waals surface area contributed by atoms with Crippen molar-refractivity contribution >= 4 is 5.91 Å². The number of amides is 1. The maximum Gasteiger partial charge on any atom is 0.226 e. The molecule has 0 unspecified atom stereocenters. The molecular weight excluding hydrogens is 174 g/mol. The Balaban J connectivity index is 1.96. The first-order valence-corrected chi connectivity index (χ1v) is 5.78. The van der Waals surface area contributed by atoms with Crippen LogP contribution in [0.25, 0.3) is 0 Å². The largest absolute Gasteiger partial charge is 0.317 e. The van der Waals surface area contributed by atoms with E-state index in [1.165, 1.54) is 32.1 Å². The predicted octanol–water partition coefficient (Wildman–Crippen LogP) is 2.70. The van der Waals surface area contributed by atoms with Gasteiger partial charge < -0.3 is 4.90 Å². The first kappa shape index (κ1) is 9.75. The quantitative estimate of drug-likeness (QED) is 0.660. The zero-order chi connectivity index (χ0) is 9.97. The molecule has 1 heterocycles. The van der Waals surface area contributed by atoms with Crippen molar-refractivity contribution in [3.63, 3.8) is 0 Å². The summed E-state index contributed by atoms with van der Waals surface area (Å²) in [6.07, 6.45) is 8.21. The molecule has 2 fully saturated rings. The molecule has 2 heteroatoms. The van der Waals surface area contributed by atoms with Crippen LogP contribution >= 0.6 is 0 Å². The standard InChI is InChI=1S/C12H19NO/c1-10(11-6-3-2-4-7-11)13-9-5-8-12(13)14/h11H,1-9H2. The van der Waals surface area contributed by atoms with E-state index >= 15 is 0 Å². The van der Waals surface area contributed by atoms with Crippen LogP contribution in [0.15, 0.2) is 12.3 Å². The molecule has 78 valence electrons. The molecule has 14 heavy (non-hydrogen) atoms. The van der Waals surface area contributed by atoms with Gasteiger partial charge in [0.05, 0.1) is 0 Å². The Bertz CT molecular complexity index is 241. The Morgan fingerprint density at radius 1 is 1.21 bits per heavy atom. The number of allylic oxidation sites excluding steroid dienone is 1. The molecule has 0 spiro atoms. The Morgan fingerprint density at radius 2 is 1.93 bits per heavy atom. The summed E-state index contributed by atoms with van der Waals surface area (Å²) >= 11 is 0. The normalized spacial score (nSPS) is 24.3. The van der Waals surface area contributed by atoms with Crippen LogP contribution in [0.1, 0.15) is 44.9 Å². The molecule has 0 radical (unpaired) electrons. The summed E-state index contributed by atoms with van der Waals surface area (Å²) in [5.74, 6) is 0.881. The van der Waals surface area contributed by atoms with Gasteiger partial charge in [-0.05, 0) is 25.2 Å². The monoisotopic (exact) mass is 193 g/mol. The van der Waals surface area contributed by atoms with Crippen molar-refractivity contribution in [2.75, 3.05) is 6.54 Å². The molecule has 0 aromatic rings. The van der Waals surface area contributed by atoms with Gasteiger partial charge in [-0.15, -0.1) is 0 Å². The molecular formula is C12H19NO. The molecule has 0 aromatic carbocycles. The Hall–Kier alpha value is -0.790. The first-order valence-electron chi connectivity index (χ1n) is 5.78. The van der Waals surface area contributed by atoms with E-state index in [1.807, 2.05) is 4.90 Å². The van der Waals surface area contributed by atoms with Gasteiger partial charge in [-0.1, -0.05) is 25.8 Å². The van der Waals surface area contributed by atoms with Crippen LogP contribution in [0.4, 0.5) is 0 Å². The van der Waals surface area contributed by atoms with Crippen LogP contribution in [0.5, 0.6) is 0 Å². The molecule has 1 saturated carbocycles. The van der Waals surface area contributed by atoms with E-state index in [1.54, 1.807) is 0 Å². The summed E-state index contributed by atoms with van der Waals surface area (Å²) in [6, 6.07) is 0. The maximum absolute atomic E-state index is 11.5. The van der Waals surface area contributed by atoms with E-state index in [0.29, 0.717) is 11.8 Å². The van der Waals surface area contributed by atoms with E-state index < -0.39 is 0 Å². The Labute approximate surface area is 86.0 Å². The van der Waals surface area contributed by atoms with E-state index in [-0.39, 0.29) is 0 Å². The lowest BCUT2D eigenvalue weighted by molar-refractivity contribution is -0.126. The molecule has 1 saturated heterocycles. The fraction of sp³-hybridized carbons (Fsp3) is 0.750. The smallest absolute Gasteiger partial charge is 0.226 e. The van der Waals surface area contributed by atoms with Crippen molar-refractivity contribution in [2.45, 2.75) is 44.9 Å². The topological polar surface area (TPSA) is 20.3 Å². The van der Waals surface area contributed by atoms with Crippen molar-refractivity contribution in [3.05, 3.63) is 12.3 Å². The molecule has 0 bridgehead atoms. The highest BCUT2D eigenvalue weighted by Crippen LogP contribution is 2.32. The van der Waals surface area contributed by atoms with Gasteiger partial charge in [-0.25, -0.2) is 0 Å². The highest BCUT2D eigenvalue weighted by atomic mass is 16.2. The minimum Gasteiger partial charge on any atom is -0.317 e. The molecule has 1 amide bonds. The summed E-state index contributed by atoms with van der Waals surface area (Å²) < 4.78 is 0. The molecule has 0 atom stereocenters. The van der Waals surface area contributed by atoms with Gasteiger partial charge in [-0.2, -0.15) is 0 Å². The van der Waals surface area contributed by atoms with Gasteiger partial charge >= 0.3 is 0 Å². The highest BCUT2D eigenvalue weighted by molar-refractivity contribution is 5.79. The molecule has 1 aliphatic heterocycles. The zero-order valence-corrected chi connectivity index (χ0v) is 8.80. The minimum absolute atomic E-state index is 0.292. The molecule has 2 rings (SSSR count). The molecule has 0 aromatic heterocycles. The number of rotatable bonds is 2. The summed E-state index contributed by atoms with van der Waals surface area (Å²) in [5.41, 5.74) is 1.10. The van der Waals surface area contributed by atoms with E-state index in [2.05, 4.69) is 6.58 Å². The fourth-order valence-corrected chi connectivity index (χ4v) is 2.61. The van der Waals surface area contributed by atoms with Crippen molar-refractivity contribution in [3.8, 4) is 0 Å². The zero-order valence-electron chi connectivity index (χ0n) is 8.80. The second-order valence-corrected chi connectivity index (χ2v) is 4.48. The summed E-state index contributed by atoms with van der Waals surface area (Å²) in [7, 11) is 0. The van der Waals surface area contributed by atoms with Gasteiger partial charge in [-0.3, -0.25) is 4.79 Å². The lowest BCUT2D eigenvalue weighted by Crippen LogP contribution is -2.28. The van der Waals surface area contributed by atoms with Gasteiger partial charge in [0.25, 0.3) is 0 Å². The number of likely N-dealkylation sites (tertiary alicyclic amines) is 1. The number of carbonyl (C=O) groups is 1. The maximum atomic E-state index is 11.5. The van der Waals surface area contributed by atoms with Gasteiger partial charge in [0.1, 0.15) is 0 Å². The SMILES string of the molecule is C=C(C1CCCCC1)N1CCCC1=O. The number of hydrogen-bond donors (Lipinski definition) is 0. The third kappa shape index (κ3) is 1.84.